The molecule has 5 nitrogen and oxygen atoms in total. The predicted octanol–water partition coefficient (Wildman–Crippen LogP) is 3.37. The first kappa shape index (κ1) is 15.1. The van der Waals surface area contributed by atoms with Crippen LogP contribution in [0.5, 0.6) is 0 Å². The van der Waals surface area contributed by atoms with Gasteiger partial charge in [-0.1, -0.05) is 6.07 Å². The maximum atomic E-state index is 12.2. The van der Waals surface area contributed by atoms with Crippen molar-refractivity contribution in [3.8, 4) is 0 Å². The molecule has 0 atom stereocenters. The third-order valence-corrected chi connectivity index (χ3v) is 5.34. The van der Waals surface area contributed by atoms with E-state index in [0.29, 0.717) is 12.0 Å². The summed E-state index contributed by atoms with van der Waals surface area (Å²) in [7, 11) is 0. The van der Waals surface area contributed by atoms with Crippen LogP contribution >= 0.6 is 0 Å². The van der Waals surface area contributed by atoms with E-state index < -0.39 is 5.41 Å². The topological polar surface area (TPSA) is 66.9 Å². The van der Waals surface area contributed by atoms with Crippen molar-refractivity contribution in [3.63, 3.8) is 0 Å². The van der Waals surface area contributed by atoms with Gasteiger partial charge in [0.05, 0.1) is 5.41 Å². The lowest BCUT2D eigenvalue weighted by atomic mass is 9.71. The minimum atomic E-state index is -0.505. The fraction of sp³-hybridized carbons (Fsp3) is 0.421. The molecule has 0 spiro atoms. The number of nitrogens with one attached hydrogen (secondary N) is 2. The Morgan fingerprint density at radius 1 is 1.21 bits per heavy atom. The Bertz CT molecular complexity index is 809. The van der Waals surface area contributed by atoms with Gasteiger partial charge < -0.3 is 10.6 Å². The number of nitrogens with zero attached hydrogens (tertiary/aromatic N) is 2. The van der Waals surface area contributed by atoms with Crippen LogP contribution in [0.15, 0.2) is 30.6 Å². The molecule has 5 heteroatoms. The molecule has 1 fully saturated rings. The van der Waals surface area contributed by atoms with E-state index >= 15 is 0 Å². The molecule has 24 heavy (non-hydrogen) atoms. The molecule has 0 radical (unpaired) electrons. The van der Waals surface area contributed by atoms with Crippen molar-refractivity contribution in [3.05, 3.63) is 47.3 Å². The second-order valence-electron chi connectivity index (χ2n) is 7.38. The zero-order chi connectivity index (χ0) is 16.9. The van der Waals surface area contributed by atoms with Crippen LogP contribution in [0.2, 0.25) is 0 Å². The van der Waals surface area contributed by atoms with Crippen LogP contribution in [0.4, 0.5) is 11.6 Å². The summed E-state index contributed by atoms with van der Waals surface area (Å²) >= 11 is 0. The van der Waals surface area contributed by atoms with E-state index in [0.717, 1.165) is 30.0 Å². The summed E-state index contributed by atoms with van der Waals surface area (Å²) in [6.45, 7) is 6.02. The number of carbonyl (C=O) groups is 1. The predicted molar refractivity (Wildman–Crippen MR) is 94.3 cm³/mol. The molecule has 1 saturated carbocycles. The Labute approximate surface area is 141 Å². The quantitative estimate of drug-likeness (QED) is 0.909. The fourth-order valence-corrected chi connectivity index (χ4v) is 3.77. The number of fused-ring (bicyclic) bond motifs is 1. The van der Waals surface area contributed by atoms with Gasteiger partial charge in [-0.3, -0.25) is 4.79 Å². The largest absolute Gasteiger partial charge is 0.367 e. The van der Waals surface area contributed by atoms with Gasteiger partial charge in [0.15, 0.2) is 0 Å². The first-order valence-electron chi connectivity index (χ1n) is 8.46. The summed E-state index contributed by atoms with van der Waals surface area (Å²) in [6.07, 6.45) is 5.73. The van der Waals surface area contributed by atoms with Crippen LogP contribution < -0.4 is 10.6 Å². The number of aryl methyl sites for hydroxylation is 1. The average Bonchev–Trinajstić information content (AvgIpc) is 2.74. The van der Waals surface area contributed by atoms with Crippen LogP contribution in [0.25, 0.3) is 0 Å². The number of rotatable bonds is 3. The molecule has 124 valence electrons. The Morgan fingerprint density at radius 2 is 2.00 bits per heavy atom. The van der Waals surface area contributed by atoms with E-state index in [1.165, 1.54) is 11.1 Å². The smallest absolute Gasteiger partial charge is 0.235 e. The van der Waals surface area contributed by atoms with Gasteiger partial charge in [0, 0.05) is 24.0 Å². The van der Waals surface area contributed by atoms with Crippen molar-refractivity contribution >= 4 is 17.5 Å². The molecule has 4 rings (SSSR count). The molecule has 2 aromatic rings. The Kier molecular flexibility index (Phi) is 3.34. The Morgan fingerprint density at radius 3 is 2.75 bits per heavy atom. The number of hydrogen-bond donors (Lipinski definition) is 2. The van der Waals surface area contributed by atoms with Gasteiger partial charge in [-0.05, 0) is 62.8 Å². The van der Waals surface area contributed by atoms with Crippen molar-refractivity contribution in [1.82, 2.24) is 9.97 Å². The molecule has 1 aliphatic heterocycles. The van der Waals surface area contributed by atoms with Gasteiger partial charge in [0.25, 0.3) is 0 Å². The molecule has 0 bridgehead atoms. The summed E-state index contributed by atoms with van der Waals surface area (Å²) in [6, 6.07) is 6.53. The molecule has 0 unspecified atom stereocenters. The third-order valence-electron chi connectivity index (χ3n) is 5.34. The van der Waals surface area contributed by atoms with E-state index in [9.17, 15) is 4.79 Å². The normalized spacial score (nSPS) is 24.0. The van der Waals surface area contributed by atoms with Crippen molar-refractivity contribution in [2.24, 2.45) is 0 Å². The molecule has 2 aromatic heterocycles. The van der Waals surface area contributed by atoms with Gasteiger partial charge in [0.1, 0.15) is 11.6 Å². The second kappa shape index (κ2) is 5.30. The number of aromatic nitrogens is 2. The van der Waals surface area contributed by atoms with E-state index in [2.05, 4.69) is 39.7 Å². The van der Waals surface area contributed by atoms with E-state index in [1.54, 1.807) is 6.20 Å². The zero-order valence-electron chi connectivity index (χ0n) is 14.3. The van der Waals surface area contributed by atoms with Gasteiger partial charge >= 0.3 is 0 Å². The van der Waals surface area contributed by atoms with Crippen molar-refractivity contribution in [1.29, 1.82) is 0 Å². The molecule has 1 aliphatic carbocycles. The molecule has 0 saturated heterocycles. The highest BCUT2D eigenvalue weighted by Crippen LogP contribution is 2.46. The van der Waals surface area contributed by atoms with Crippen LogP contribution in [0, 0.1) is 6.92 Å². The van der Waals surface area contributed by atoms with Crippen LogP contribution in [-0.2, 0) is 10.2 Å². The molecule has 2 aliphatic rings. The molecule has 2 N–H and O–H groups in total. The monoisotopic (exact) mass is 322 g/mol. The van der Waals surface area contributed by atoms with Gasteiger partial charge in [-0.25, -0.2) is 9.97 Å². The van der Waals surface area contributed by atoms with Gasteiger partial charge in [-0.2, -0.15) is 0 Å². The van der Waals surface area contributed by atoms with Crippen molar-refractivity contribution in [2.75, 3.05) is 10.6 Å². The highest BCUT2D eigenvalue weighted by atomic mass is 16.2. The standard InChI is InChI=1S/C19H22N4O/c1-11-5-4-7-20-16(11)22-13-9-12(10-13)14-6-8-21-17-15(14)19(2,3)18(24)23-17/h4-8,12-13H,9-10H2,1-3H3,(H,20,22)(H,21,23,24). The summed E-state index contributed by atoms with van der Waals surface area (Å²) in [4.78, 5) is 21.0. The maximum absolute atomic E-state index is 12.2. The summed E-state index contributed by atoms with van der Waals surface area (Å²) in [5.74, 6) is 2.21. The van der Waals surface area contributed by atoms with Crippen LogP contribution in [0.3, 0.4) is 0 Å². The molecule has 1 amide bonds. The fourth-order valence-electron chi connectivity index (χ4n) is 3.77. The summed E-state index contributed by atoms with van der Waals surface area (Å²) < 4.78 is 0. The average molecular weight is 322 g/mol. The summed E-state index contributed by atoms with van der Waals surface area (Å²) in [5, 5.41) is 6.45. The lowest BCUT2D eigenvalue weighted by Crippen LogP contribution is -2.36. The first-order chi connectivity index (χ1) is 11.5. The number of pyridine rings is 2. The second-order valence-corrected chi connectivity index (χ2v) is 7.38. The van der Waals surface area contributed by atoms with Gasteiger partial charge in [0.2, 0.25) is 5.91 Å². The Balaban J connectivity index is 1.52. The minimum Gasteiger partial charge on any atom is -0.367 e. The van der Waals surface area contributed by atoms with Crippen molar-refractivity contribution < 1.29 is 4.79 Å². The van der Waals surface area contributed by atoms with E-state index in [4.69, 9.17) is 0 Å². The SMILES string of the molecule is Cc1cccnc1NC1CC(c2ccnc3c2C(C)(C)C(=O)N3)C1. The lowest BCUT2D eigenvalue weighted by Gasteiger charge is -2.38. The highest BCUT2D eigenvalue weighted by molar-refractivity contribution is 6.05. The third kappa shape index (κ3) is 2.27. The van der Waals surface area contributed by atoms with Gasteiger partial charge in [-0.15, -0.1) is 0 Å². The highest BCUT2D eigenvalue weighted by Gasteiger charge is 2.44. The number of hydrogen-bond acceptors (Lipinski definition) is 4. The number of carbonyl (C=O) groups excluding carboxylic acids is 1. The number of amides is 1. The van der Waals surface area contributed by atoms with E-state index in [1.807, 2.05) is 26.1 Å². The molecular formula is C19H22N4O. The number of anilines is 2. The minimum absolute atomic E-state index is 0.0376. The molecule has 0 aromatic carbocycles. The molecular weight excluding hydrogens is 300 g/mol. The van der Waals surface area contributed by atoms with Crippen molar-refractivity contribution in [2.45, 2.75) is 51.0 Å². The zero-order valence-corrected chi connectivity index (χ0v) is 14.3. The van der Waals surface area contributed by atoms with E-state index in [-0.39, 0.29) is 5.91 Å². The molecule has 3 heterocycles. The first-order valence-corrected chi connectivity index (χ1v) is 8.46. The lowest BCUT2D eigenvalue weighted by molar-refractivity contribution is -0.119. The summed E-state index contributed by atoms with van der Waals surface area (Å²) in [5.41, 5.74) is 3.00. The maximum Gasteiger partial charge on any atom is 0.235 e. The van der Waals surface area contributed by atoms with Crippen LogP contribution in [0.1, 0.15) is 49.3 Å². The van der Waals surface area contributed by atoms with Crippen LogP contribution in [-0.4, -0.2) is 21.9 Å². The Hall–Kier alpha value is -2.43.